The maximum absolute atomic E-state index is 13.2. The van der Waals surface area contributed by atoms with Gasteiger partial charge in [-0.3, -0.25) is 14.9 Å². The Morgan fingerprint density at radius 3 is 2.08 bits per heavy atom. The highest BCUT2D eigenvalue weighted by Gasteiger charge is 2.26. The quantitative estimate of drug-likeness (QED) is 0.362. The van der Waals surface area contributed by atoms with Gasteiger partial charge in [0.25, 0.3) is 11.6 Å². The zero-order valence-electron chi connectivity index (χ0n) is 21.0. The molecule has 0 N–H and O–H groups in total. The van der Waals surface area contributed by atoms with Crippen LogP contribution in [0.4, 0.5) is 11.4 Å². The number of benzene rings is 2. The lowest BCUT2D eigenvalue weighted by molar-refractivity contribution is -0.384. The summed E-state index contributed by atoms with van der Waals surface area (Å²) in [7, 11) is 4.53. The fourth-order valence-electron chi connectivity index (χ4n) is 4.46. The minimum Gasteiger partial charge on any atom is -0.493 e. The maximum Gasteiger partial charge on any atom is 0.295 e. The molecule has 1 aliphatic heterocycles. The maximum atomic E-state index is 13.2. The van der Waals surface area contributed by atoms with E-state index in [1.54, 1.807) is 33.8 Å². The van der Waals surface area contributed by atoms with E-state index in [1.807, 2.05) is 19.9 Å². The van der Waals surface area contributed by atoms with Crippen molar-refractivity contribution in [2.45, 2.75) is 13.8 Å². The number of anilines is 1. The van der Waals surface area contributed by atoms with E-state index >= 15 is 0 Å². The van der Waals surface area contributed by atoms with Crippen LogP contribution in [-0.2, 0) is 0 Å². The highest BCUT2D eigenvalue weighted by atomic mass is 16.6. The monoisotopic (exact) mass is 495 g/mol. The number of methoxy groups -OCH3 is 3. The Morgan fingerprint density at radius 1 is 0.944 bits per heavy atom. The van der Waals surface area contributed by atoms with E-state index in [4.69, 9.17) is 14.2 Å². The summed E-state index contributed by atoms with van der Waals surface area (Å²) in [5.41, 5.74) is 3.28. The van der Waals surface area contributed by atoms with Crippen molar-refractivity contribution in [1.29, 1.82) is 0 Å². The van der Waals surface area contributed by atoms with Gasteiger partial charge in [0, 0.05) is 49.2 Å². The number of nitro benzene ring substituents is 1. The first-order valence-electron chi connectivity index (χ1n) is 11.4. The second kappa shape index (κ2) is 10.1. The highest BCUT2D eigenvalue weighted by molar-refractivity contribution is 5.96. The van der Waals surface area contributed by atoms with Crippen molar-refractivity contribution in [1.82, 2.24) is 14.7 Å². The average Bonchev–Trinajstić information content (AvgIpc) is 3.24. The summed E-state index contributed by atoms with van der Waals surface area (Å²) in [4.78, 5) is 28.4. The molecule has 0 aliphatic carbocycles. The Bertz CT molecular complexity index is 1270. The number of hydrogen-bond donors (Lipinski definition) is 0. The van der Waals surface area contributed by atoms with Gasteiger partial charge in [-0.05, 0) is 44.2 Å². The number of ether oxygens (including phenoxy) is 3. The first kappa shape index (κ1) is 24.8. The molecule has 0 bridgehead atoms. The van der Waals surface area contributed by atoms with E-state index in [0.29, 0.717) is 54.7 Å². The van der Waals surface area contributed by atoms with E-state index < -0.39 is 4.92 Å². The Kier molecular flexibility index (Phi) is 7.00. The molecule has 0 unspecified atom stereocenters. The molecule has 36 heavy (non-hydrogen) atoms. The number of amides is 1. The van der Waals surface area contributed by atoms with Crippen molar-refractivity contribution in [3.8, 4) is 22.9 Å². The third-order valence-corrected chi connectivity index (χ3v) is 6.24. The Labute approximate surface area is 208 Å². The zero-order chi connectivity index (χ0) is 26.0. The van der Waals surface area contributed by atoms with Gasteiger partial charge in [-0.1, -0.05) is 0 Å². The van der Waals surface area contributed by atoms with Gasteiger partial charge in [-0.25, -0.2) is 4.68 Å². The molecule has 11 nitrogen and oxygen atoms in total. The van der Waals surface area contributed by atoms with Crippen LogP contribution in [0.1, 0.15) is 21.7 Å². The minimum absolute atomic E-state index is 0.0128. The largest absolute Gasteiger partial charge is 0.493 e. The van der Waals surface area contributed by atoms with E-state index in [2.05, 4.69) is 10.00 Å². The number of rotatable bonds is 7. The molecule has 1 aliphatic rings. The molecule has 0 spiro atoms. The first-order chi connectivity index (χ1) is 17.3. The molecular weight excluding hydrogens is 466 g/mol. The van der Waals surface area contributed by atoms with E-state index in [1.165, 1.54) is 27.4 Å². The van der Waals surface area contributed by atoms with Gasteiger partial charge in [0.05, 0.1) is 31.9 Å². The van der Waals surface area contributed by atoms with Crippen LogP contribution in [0, 0.1) is 24.0 Å². The highest BCUT2D eigenvalue weighted by Crippen LogP contribution is 2.38. The second-order valence-corrected chi connectivity index (χ2v) is 8.46. The Balaban J connectivity index is 1.54. The summed E-state index contributed by atoms with van der Waals surface area (Å²) in [6.07, 6.45) is 0. The normalized spacial score (nSPS) is 13.5. The summed E-state index contributed by atoms with van der Waals surface area (Å²) in [5, 5.41) is 16.1. The molecule has 2 heterocycles. The third kappa shape index (κ3) is 4.64. The van der Waals surface area contributed by atoms with Gasteiger partial charge >= 0.3 is 0 Å². The van der Waals surface area contributed by atoms with Crippen molar-refractivity contribution in [3.63, 3.8) is 0 Å². The lowest BCUT2D eigenvalue weighted by Gasteiger charge is -2.36. The summed E-state index contributed by atoms with van der Waals surface area (Å²) >= 11 is 0. The predicted octanol–water partition coefficient (Wildman–Crippen LogP) is 3.39. The molecule has 1 saturated heterocycles. The van der Waals surface area contributed by atoms with Gasteiger partial charge in [0.1, 0.15) is 5.69 Å². The number of piperazine rings is 1. The molecule has 1 amide bonds. The summed E-state index contributed by atoms with van der Waals surface area (Å²) in [6.45, 7) is 5.84. The zero-order valence-corrected chi connectivity index (χ0v) is 21.0. The number of carbonyl (C=O) groups is 1. The summed E-state index contributed by atoms with van der Waals surface area (Å²) in [6, 6.07) is 10.2. The Hall–Kier alpha value is -4.28. The molecule has 3 aromatic rings. The van der Waals surface area contributed by atoms with Crippen LogP contribution in [0.25, 0.3) is 5.69 Å². The van der Waals surface area contributed by atoms with Crippen LogP contribution in [0.15, 0.2) is 36.4 Å². The van der Waals surface area contributed by atoms with E-state index in [0.717, 1.165) is 17.1 Å². The lowest BCUT2D eigenvalue weighted by atomic mass is 10.1. The van der Waals surface area contributed by atoms with Gasteiger partial charge in [0.2, 0.25) is 5.75 Å². The van der Waals surface area contributed by atoms with Crippen molar-refractivity contribution in [3.05, 3.63) is 63.5 Å². The molecule has 1 fully saturated rings. The van der Waals surface area contributed by atoms with Crippen LogP contribution in [0.5, 0.6) is 17.2 Å². The third-order valence-electron chi connectivity index (χ3n) is 6.24. The smallest absolute Gasteiger partial charge is 0.295 e. The van der Waals surface area contributed by atoms with Crippen molar-refractivity contribution in [2.24, 2.45) is 0 Å². The number of aryl methyl sites for hydroxylation is 2. The second-order valence-electron chi connectivity index (χ2n) is 8.46. The van der Waals surface area contributed by atoms with E-state index in [-0.39, 0.29) is 11.6 Å². The molecular formula is C25H29N5O6. The molecule has 0 atom stereocenters. The Morgan fingerprint density at radius 2 is 1.58 bits per heavy atom. The van der Waals surface area contributed by atoms with Crippen LogP contribution >= 0.6 is 0 Å². The van der Waals surface area contributed by atoms with E-state index in [9.17, 15) is 14.9 Å². The van der Waals surface area contributed by atoms with Crippen LogP contribution < -0.4 is 19.1 Å². The minimum atomic E-state index is -0.399. The van der Waals surface area contributed by atoms with Crippen LogP contribution in [-0.4, -0.2) is 73.0 Å². The topological polar surface area (TPSA) is 112 Å². The van der Waals surface area contributed by atoms with Crippen molar-refractivity contribution >= 4 is 17.3 Å². The van der Waals surface area contributed by atoms with Crippen LogP contribution in [0.3, 0.4) is 0 Å². The number of aromatic nitrogens is 2. The van der Waals surface area contributed by atoms with Gasteiger partial charge in [-0.15, -0.1) is 0 Å². The number of nitro groups is 1. The lowest BCUT2D eigenvalue weighted by Crippen LogP contribution is -2.48. The molecule has 190 valence electrons. The summed E-state index contributed by atoms with van der Waals surface area (Å²) in [5.74, 6) is 1.13. The molecule has 4 rings (SSSR count). The standard InChI is InChI=1S/C25H29N5O6/c1-16-12-17(2)29(26-16)21-15-19(6-7-20(21)30(32)33)27-8-10-28(11-9-27)25(31)18-13-22(34-3)24(36-5)23(14-18)35-4/h6-7,12-15H,8-11H2,1-5H3. The fraction of sp³-hybridized carbons (Fsp3) is 0.360. The van der Waals surface area contributed by atoms with Gasteiger partial charge < -0.3 is 24.0 Å². The number of nitrogens with zero attached hydrogens (tertiary/aromatic N) is 5. The van der Waals surface area contributed by atoms with Crippen molar-refractivity contribution < 1.29 is 23.9 Å². The number of hydrogen-bond acceptors (Lipinski definition) is 8. The molecule has 0 saturated carbocycles. The molecule has 0 radical (unpaired) electrons. The average molecular weight is 496 g/mol. The number of carbonyl (C=O) groups excluding carboxylic acids is 1. The fourth-order valence-corrected chi connectivity index (χ4v) is 4.46. The molecule has 11 heteroatoms. The molecule has 1 aromatic heterocycles. The van der Waals surface area contributed by atoms with Gasteiger partial charge in [0.15, 0.2) is 11.5 Å². The predicted molar refractivity (Wildman–Crippen MR) is 134 cm³/mol. The van der Waals surface area contributed by atoms with Crippen molar-refractivity contribution in [2.75, 3.05) is 52.4 Å². The van der Waals surface area contributed by atoms with Crippen LogP contribution in [0.2, 0.25) is 0 Å². The SMILES string of the molecule is COc1cc(C(=O)N2CCN(c3ccc([N+](=O)[O-])c(-n4nc(C)cc4C)c3)CC2)cc(OC)c1OC. The first-order valence-corrected chi connectivity index (χ1v) is 11.4. The molecule has 2 aromatic carbocycles. The van der Waals surface area contributed by atoms with Gasteiger partial charge in [-0.2, -0.15) is 5.10 Å². The summed E-state index contributed by atoms with van der Waals surface area (Å²) < 4.78 is 17.7.